The van der Waals surface area contributed by atoms with Crippen LogP contribution in [0.1, 0.15) is 6.92 Å². The van der Waals surface area contributed by atoms with Crippen molar-refractivity contribution >= 4 is 15.7 Å². The van der Waals surface area contributed by atoms with Crippen LogP contribution < -0.4 is 4.31 Å². The number of aliphatic hydroxyl groups is 1. The van der Waals surface area contributed by atoms with Gasteiger partial charge in [0.15, 0.2) is 6.23 Å². The number of alkyl halides is 3. The van der Waals surface area contributed by atoms with Crippen molar-refractivity contribution in [1.82, 2.24) is 0 Å². The highest BCUT2D eigenvalue weighted by Crippen LogP contribution is 2.48. The van der Waals surface area contributed by atoms with Crippen LogP contribution >= 0.6 is 0 Å². The Labute approximate surface area is 131 Å². The smallest absolute Gasteiger partial charge is 0.368 e. The Morgan fingerprint density at radius 1 is 1.17 bits per heavy atom. The molecule has 8 heteroatoms. The molecular weight excluding hydrogens is 331 g/mol. The molecule has 23 heavy (non-hydrogen) atoms. The minimum atomic E-state index is -4.55. The van der Waals surface area contributed by atoms with Crippen molar-refractivity contribution in [2.45, 2.75) is 19.3 Å². The topological polar surface area (TPSA) is 57.6 Å². The first-order valence-corrected chi connectivity index (χ1v) is 8.36. The summed E-state index contributed by atoms with van der Waals surface area (Å²) < 4.78 is 65.4. The average Bonchev–Trinajstić information content (AvgIpc) is 2.66. The van der Waals surface area contributed by atoms with E-state index in [1.165, 1.54) is 19.1 Å². The van der Waals surface area contributed by atoms with Gasteiger partial charge < -0.3 is 5.11 Å². The zero-order chi connectivity index (χ0) is 17.0. The zero-order valence-corrected chi connectivity index (χ0v) is 12.8. The van der Waals surface area contributed by atoms with E-state index in [4.69, 9.17) is 0 Å². The molecule has 3 atom stereocenters. The highest BCUT2D eigenvalue weighted by atomic mass is 32.2. The lowest BCUT2D eigenvalue weighted by molar-refractivity contribution is -0.169. The highest BCUT2D eigenvalue weighted by Gasteiger charge is 2.53. The molecule has 3 unspecified atom stereocenters. The van der Waals surface area contributed by atoms with Crippen LogP contribution in [0, 0.1) is 11.8 Å². The molecule has 0 saturated carbocycles. The van der Waals surface area contributed by atoms with Crippen LogP contribution in [0.5, 0.6) is 0 Å². The summed E-state index contributed by atoms with van der Waals surface area (Å²) >= 11 is 0. The molecule has 0 aromatic heterocycles. The van der Waals surface area contributed by atoms with E-state index in [2.05, 4.69) is 0 Å². The molecule has 1 aliphatic heterocycles. The Balaban J connectivity index is 2.09. The number of benzene rings is 1. The second-order valence-electron chi connectivity index (χ2n) is 5.54. The van der Waals surface area contributed by atoms with Crippen molar-refractivity contribution in [3.63, 3.8) is 0 Å². The average molecular weight is 345 g/mol. The van der Waals surface area contributed by atoms with E-state index in [0.717, 1.165) is 16.5 Å². The Morgan fingerprint density at radius 2 is 1.78 bits per heavy atom. The predicted molar refractivity (Wildman–Crippen MR) is 78.7 cm³/mol. The number of aliphatic hydroxyl groups excluding tert-OH is 1. The molecule has 0 bridgehead atoms. The summed E-state index contributed by atoms with van der Waals surface area (Å²) in [6.07, 6.45) is -4.09. The van der Waals surface area contributed by atoms with E-state index >= 15 is 0 Å². The number of para-hydroxylation sites is 1. The van der Waals surface area contributed by atoms with Gasteiger partial charge >= 0.3 is 6.18 Å². The van der Waals surface area contributed by atoms with Gasteiger partial charge in [-0.1, -0.05) is 37.3 Å². The fourth-order valence-electron chi connectivity index (χ4n) is 3.09. The number of nitrogens with zero attached hydrogens (tertiary/aromatic N) is 1. The van der Waals surface area contributed by atoms with Crippen molar-refractivity contribution in [3.8, 4) is 0 Å². The summed E-state index contributed by atoms with van der Waals surface area (Å²) in [6.45, 7) is 1.22. The third-order valence-corrected chi connectivity index (χ3v) is 6.24. The molecule has 0 spiro atoms. The van der Waals surface area contributed by atoms with Gasteiger partial charge in [-0.05, 0) is 12.1 Å². The maximum atomic E-state index is 13.1. The molecule has 0 fully saturated rings. The molecule has 4 nitrogen and oxygen atoms in total. The molecule has 0 radical (unpaired) electrons. The molecule has 1 aromatic rings. The van der Waals surface area contributed by atoms with Crippen LogP contribution in [-0.2, 0) is 10.0 Å². The first-order chi connectivity index (χ1) is 10.7. The van der Waals surface area contributed by atoms with Crippen LogP contribution in [0.3, 0.4) is 0 Å². The summed E-state index contributed by atoms with van der Waals surface area (Å²) in [7, 11) is -4.22. The molecule has 1 N–H and O–H groups in total. The van der Waals surface area contributed by atoms with Crippen LogP contribution in [0.2, 0.25) is 0 Å². The number of sulfonamides is 1. The van der Waals surface area contributed by atoms with Gasteiger partial charge in [0.1, 0.15) is 0 Å². The molecular formula is C15H14F3NO3S. The first-order valence-electron chi connectivity index (χ1n) is 6.92. The van der Waals surface area contributed by atoms with E-state index < -0.39 is 34.3 Å². The van der Waals surface area contributed by atoms with Crippen molar-refractivity contribution in [2.24, 2.45) is 11.8 Å². The van der Waals surface area contributed by atoms with Crippen LogP contribution in [0.15, 0.2) is 53.0 Å². The molecule has 124 valence electrons. The Bertz CT molecular complexity index is 784. The van der Waals surface area contributed by atoms with Gasteiger partial charge in [-0.15, -0.1) is 0 Å². The lowest BCUT2D eigenvalue weighted by Gasteiger charge is -2.27. The monoisotopic (exact) mass is 345 g/mol. The second-order valence-corrected chi connectivity index (χ2v) is 7.33. The molecule has 1 aliphatic carbocycles. The predicted octanol–water partition coefficient (Wildman–Crippen LogP) is 2.79. The number of anilines is 1. The highest BCUT2D eigenvalue weighted by molar-refractivity contribution is 7.97. The van der Waals surface area contributed by atoms with E-state index in [-0.39, 0.29) is 16.2 Å². The fraction of sp³-hybridized carbons (Fsp3) is 0.333. The summed E-state index contributed by atoms with van der Waals surface area (Å²) in [5.41, 5.74) is 0.209. The number of rotatable bonds is 1. The number of halogens is 3. The van der Waals surface area contributed by atoms with Crippen molar-refractivity contribution in [2.75, 3.05) is 4.31 Å². The lowest BCUT2D eigenvalue weighted by atomic mass is 9.86. The minimum absolute atomic E-state index is 0.00172. The molecule has 0 amide bonds. The Kier molecular flexibility index (Phi) is 3.57. The molecule has 2 aliphatic rings. The minimum Gasteiger partial charge on any atom is -0.368 e. The number of hydrogen-bond donors (Lipinski definition) is 1. The van der Waals surface area contributed by atoms with Crippen molar-refractivity contribution in [3.05, 3.63) is 53.0 Å². The van der Waals surface area contributed by atoms with Crippen molar-refractivity contribution < 1.29 is 26.7 Å². The fourth-order valence-corrected chi connectivity index (χ4v) is 5.17. The van der Waals surface area contributed by atoms with E-state index in [1.54, 1.807) is 18.2 Å². The van der Waals surface area contributed by atoms with Gasteiger partial charge in [0.05, 0.1) is 16.5 Å². The summed E-state index contributed by atoms with van der Waals surface area (Å²) in [6, 6.07) is 7.82. The van der Waals surface area contributed by atoms with Gasteiger partial charge in [0.25, 0.3) is 10.0 Å². The Hall–Kier alpha value is -1.80. The summed E-state index contributed by atoms with van der Waals surface area (Å²) in [5.74, 6) is -3.18. The number of hydrogen-bond acceptors (Lipinski definition) is 3. The normalized spacial score (nSPS) is 29.8. The SMILES string of the molecule is CC1C2=C(C=CC1C(F)(F)F)C(O)N(c1ccccc1)S2(=O)=O. The largest absolute Gasteiger partial charge is 0.395 e. The van der Waals surface area contributed by atoms with E-state index in [1.807, 2.05) is 0 Å². The van der Waals surface area contributed by atoms with Crippen LogP contribution in [-0.4, -0.2) is 25.9 Å². The first kappa shape index (κ1) is 16.1. The zero-order valence-electron chi connectivity index (χ0n) is 12.0. The van der Waals surface area contributed by atoms with Gasteiger partial charge in [-0.25, -0.2) is 12.7 Å². The summed E-state index contributed by atoms with van der Waals surface area (Å²) in [5, 5.41) is 10.3. The molecule has 1 heterocycles. The quantitative estimate of drug-likeness (QED) is 0.851. The van der Waals surface area contributed by atoms with Gasteiger partial charge in [0.2, 0.25) is 0 Å². The standard InChI is InChI=1S/C15H14F3NO3S/c1-9-12(15(16,17)18)8-7-11-13(9)23(21,22)19(14(11)20)10-5-3-2-4-6-10/h2-9,12,14,20H,1H3. The summed E-state index contributed by atoms with van der Waals surface area (Å²) in [4.78, 5) is -0.362. The second kappa shape index (κ2) is 5.10. The van der Waals surface area contributed by atoms with Gasteiger partial charge in [-0.3, -0.25) is 0 Å². The third kappa shape index (κ3) is 2.36. The molecule has 3 rings (SSSR count). The van der Waals surface area contributed by atoms with Crippen molar-refractivity contribution in [1.29, 1.82) is 0 Å². The van der Waals surface area contributed by atoms with E-state index in [0.29, 0.717) is 0 Å². The Morgan fingerprint density at radius 3 is 2.35 bits per heavy atom. The molecule has 0 saturated heterocycles. The van der Waals surface area contributed by atoms with Gasteiger partial charge in [0, 0.05) is 11.5 Å². The molecule has 1 aromatic carbocycles. The third-order valence-electron chi connectivity index (χ3n) is 4.15. The lowest BCUT2D eigenvalue weighted by Crippen LogP contribution is -2.36. The van der Waals surface area contributed by atoms with E-state index in [9.17, 15) is 26.7 Å². The van der Waals surface area contributed by atoms with Crippen LogP contribution in [0.25, 0.3) is 0 Å². The van der Waals surface area contributed by atoms with Crippen LogP contribution in [0.4, 0.5) is 18.9 Å². The maximum Gasteiger partial charge on any atom is 0.395 e. The maximum absolute atomic E-state index is 13.1. The number of allylic oxidation sites excluding steroid dienone is 2. The van der Waals surface area contributed by atoms with Gasteiger partial charge in [-0.2, -0.15) is 13.2 Å².